The molecular formula is C26H23ClN4O4. The number of aromatic nitrogens is 3. The third kappa shape index (κ3) is 4.62. The number of amides is 1. The molecule has 5 rings (SSSR count). The van der Waals surface area contributed by atoms with Gasteiger partial charge >= 0.3 is 11.1 Å². The zero-order valence-corrected chi connectivity index (χ0v) is 19.6. The molecule has 1 fully saturated rings. The molecule has 0 spiro atoms. The molecule has 8 nitrogen and oxygen atoms in total. The molecule has 0 N–H and O–H groups in total. The van der Waals surface area contributed by atoms with Crippen LogP contribution in [-0.2, 0) is 17.8 Å². The average Bonchev–Trinajstić information content (AvgIpc) is 2.90. The standard InChI is InChI=1S/C26H23ClN4O4/c27-21-5-2-1-4-20(21)17-30-22-6-3-11-28-23(22)31(26(34)25(30)33)16-18-7-9-19(10-8-18)24(32)29-12-14-35-15-13-29/h1-11H,12-17H2. The van der Waals surface area contributed by atoms with Crippen molar-refractivity contribution >= 4 is 28.7 Å². The van der Waals surface area contributed by atoms with E-state index in [0.29, 0.717) is 48.1 Å². The summed E-state index contributed by atoms with van der Waals surface area (Å²) in [6.07, 6.45) is 1.59. The number of carbonyl (C=O) groups is 1. The summed E-state index contributed by atoms with van der Waals surface area (Å²) in [5, 5.41) is 0.521. The van der Waals surface area contributed by atoms with Gasteiger partial charge in [0.25, 0.3) is 5.91 Å². The van der Waals surface area contributed by atoms with Crippen molar-refractivity contribution < 1.29 is 9.53 Å². The lowest BCUT2D eigenvalue weighted by Crippen LogP contribution is -2.42. The van der Waals surface area contributed by atoms with Crippen LogP contribution in [0.5, 0.6) is 0 Å². The van der Waals surface area contributed by atoms with Gasteiger partial charge in [-0.05, 0) is 41.5 Å². The van der Waals surface area contributed by atoms with Crippen LogP contribution in [0, 0.1) is 0 Å². The summed E-state index contributed by atoms with van der Waals surface area (Å²) in [5.41, 5.74) is 1.70. The fourth-order valence-corrected chi connectivity index (χ4v) is 4.42. The number of ether oxygens (including phenoxy) is 1. The van der Waals surface area contributed by atoms with Gasteiger partial charge in [-0.25, -0.2) is 4.98 Å². The molecule has 4 aromatic rings. The van der Waals surface area contributed by atoms with Crippen LogP contribution < -0.4 is 11.1 Å². The molecule has 0 radical (unpaired) electrons. The maximum atomic E-state index is 13.1. The monoisotopic (exact) mass is 490 g/mol. The highest BCUT2D eigenvalue weighted by Crippen LogP contribution is 2.18. The number of fused-ring (bicyclic) bond motifs is 1. The fourth-order valence-electron chi connectivity index (χ4n) is 4.23. The summed E-state index contributed by atoms with van der Waals surface area (Å²) in [4.78, 5) is 45.2. The Morgan fingerprint density at radius 1 is 0.886 bits per heavy atom. The van der Waals surface area contributed by atoms with Crippen LogP contribution in [0.1, 0.15) is 21.5 Å². The summed E-state index contributed by atoms with van der Waals surface area (Å²) in [6.45, 7) is 2.52. The predicted octanol–water partition coefficient (Wildman–Crippen LogP) is 2.78. The van der Waals surface area contributed by atoms with Crippen molar-refractivity contribution in [1.29, 1.82) is 0 Å². The minimum atomic E-state index is -0.670. The molecule has 2 aromatic carbocycles. The van der Waals surface area contributed by atoms with Gasteiger partial charge in [0, 0.05) is 29.9 Å². The minimum Gasteiger partial charge on any atom is -0.378 e. The highest BCUT2D eigenvalue weighted by Gasteiger charge is 2.19. The van der Waals surface area contributed by atoms with Gasteiger partial charge in [0.1, 0.15) is 0 Å². The lowest BCUT2D eigenvalue weighted by atomic mass is 10.1. The summed E-state index contributed by atoms with van der Waals surface area (Å²) >= 11 is 6.29. The second kappa shape index (κ2) is 9.85. The van der Waals surface area contributed by atoms with Crippen LogP contribution >= 0.6 is 11.6 Å². The third-order valence-electron chi connectivity index (χ3n) is 6.11. The first-order valence-corrected chi connectivity index (χ1v) is 11.7. The summed E-state index contributed by atoms with van der Waals surface area (Å²) in [7, 11) is 0. The van der Waals surface area contributed by atoms with Crippen LogP contribution in [0.3, 0.4) is 0 Å². The quantitative estimate of drug-likeness (QED) is 0.401. The molecule has 9 heteroatoms. The molecule has 0 atom stereocenters. The van der Waals surface area contributed by atoms with Crippen molar-refractivity contribution in [3.8, 4) is 0 Å². The number of nitrogens with zero attached hydrogens (tertiary/aromatic N) is 4. The number of benzene rings is 2. The number of halogens is 1. The number of rotatable bonds is 5. The Balaban J connectivity index is 1.48. The number of hydrogen-bond donors (Lipinski definition) is 0. The van der Waals surface area contributed by atoms with E-state index in [2.05, 4.69) is 4.98 Å². The molecule has 0 aliphatic carbocycles. The van der Waals surface area contributed by atoms with Crippen molar-refractivity contribution in [2.45, 2.75) is 13.1 Å². The Labute approximate surface area is 206 Å². The van der Waals surface area contributed by atoms with E-state index in [9.17, 15) is 14.4 Å². The maximum Gasteiger partial charge on any atom is 0.318 e. The Morgan fingerprint density at radius 3 is 2.34 bits per heavy atom. The number of hydrogen-bond acceptors (Lipinski definition) is 5. The summed E-state index contributed by atoms with van der Waals surface area (Å²) in [5.74, 6) is -0.0497. The molecule has 1 saturated heterocycles. The molecular weight excluding hydrogens is 468 g/mol. The Morgan fingerprint density at radius 2 is 1.60 bits per heavy atom. The third-order valence-corrected chi connectivity index (χ3v) is 6.48. The number of carbonyl (C=O) groups excluding carboxylic acids is 1. The highest BCUT2D eigenvalue weighted by atomic mass is 35.5. The molecule has 178 valence electrons. The normalized spacial score (nSPS) is 13.8. The Hall–Kier alpha value is -3.75. The molecule has 1 aliphatic rings. The van der Waals surface area contributed by atoms with Crippen LogP contribution in [0.15, 0.2) is 76.4 Å². The van der Waals surface area contributed by atoms with Crippen molar-refractivity contribution in [3.63, 3.8) is 0 Å². The van der Waals surface area contributed by atoms with E-state index in [4.69, 9.17) is 16.3 Å². The largest absolute Gasteiger partial charge is 0.378 e. The van der Waals surface area contributed by atoms with Crippen LogP contribution in [-0.4, -0.2) is 51.2 Å². The first-order chi connectivity index (χ1) is 17.0. The SMILES string of the molecule is O=C(c1ccc(Cn2c(=O)c(=O)n(Cc3ccccc3Cl)c3cccnc32)cc1)N1CCOCC1. The van der Waals surface area contributed by atoms with Gasteiger partial charge in [-0.2, -0.15) is 0 Å². The van der Waals surface area contributed by atoms with Crippen molar-refractivity contribution in [3.05, 3.63) is 109 Å². The van der Waals surface area contributed by atoms with E-state index in [1.165, 1.54) is 9.13 Å². The van der Waals surface area contributed by atoms with Gasteiger partial charge in [0.2, 0.25) is 0 Å². The van der Waals surface area contributed by atoms with E-state index in [0.717, 1.165) is 11.1 Å². The Bertz CT molecular complexity index is 1500. The van der Waals surface area contributed by atoms with Crippen molar-refractivity contribution in [2.24, 2.45) is 0 Å². The zero-order chi connectivity index (χ0) is 24.4. The summed E-state index contributed by atoms with van der Waals surface area (Å²) in [6, 6.07) is 17.8. The molecule has 0 unspecified atom stereocenters. The van der Waals surface area contributed by atoms with Crippen LogP contribution in [0.25, 0.3) is 11.2 Å². The second-order valence-electron chi connectivity index (χ2n) is 8.32. The Kier molecular flexibility index (Phi) is 6.48. The number of pyridine rings is 1. The fraction of sp³-hybridized carbons (Fsp3) is 0.231. The lowest BCUT2D eigenvalue weighted by molar-refractivity contribution is 0.0303. The predicted molar refractivity (Wildman–Crippen MR) is 133 cm³/mol. The van der Waals surface area contributed by atoms with Crippen molar-refractivity contribution in [2.75, 3.05) is 26.3 Å². The van der Waals surface area contributed by atoms with Crippen LogP contribution in [0.2, 0.25) is 5.02 Å². The summed E-state index contributed by atoms with van der Waals surface area (Å²) < 4.78 is 8.09. The first kappa shape index (κ1) is 23.0. The van der Waals surface area contributed by atoms with Gasteiger partial charge in [-0.15, -0.1) is 0 Å². The van der Waals surface area contributed by atoms with Crippen molar-refractivity contribution in [1.82, 2.24) is 19.0 Å². The van der Waals surface area contributed by atoms with Gasteiger partial charge in [-0.1, -0.05) is 41.9 Å². The van der Waals surface area contributed by atoms with E-state index < -0.39 is 11.1 Å². The molecule has 0 bridgehead atoms. The van der Waals surface area contributed by atoms with Gasteiger partial charge < -0.3 is 9.64 Å². The van der Waals surface area contributed by atoms with E-state index in [-0.39, 0.29) is 19.0 Å². The second-order valence-corrected chi connectivity index (χ2v) is 8.73. The molecule has 1 aliphatic heterocycles. The average molecular weight is 491 g/mol. The van der Waals surface area contributed by atoms with Gasteiger partial charge in [0.15, 0.2) is 5.65 Å². The number of morpholine rings is 1. The maximum absolute atomic E-state index is 13.1. The smallest absolute Gasteiger partial charge is 0.318 e. The topological polar surface area (TPSA) is 86.4 Å². The molecule has 3 heterocycles. The van der Waals surface area contributed by atoms with E-state index in [1.807, 2.05) is 18.2 Å². The molecule has 0 saturated carbocycles. The van der Waals surface area contributed by atoms with Gasteiger partial charge in [-0.3, -0.25) is 23.5 Å². The van der Waals surface area contributed by atoms with Gasteiger partial charge in [0.05, 0.1) is 31.8 Å². The molecule has 2 aromatic heterocycles. The lowest BCUT2D eigenvalue weighted by Gasteiger charge is -2.26. The van der Waals surface area contributed by atoms with Crippen LogP contribution in [0.4, 0.5) is 0 Å². The zero-order valence-electron chi connectivity index (χ0n) is 18.9. The molecule has 1 amide bonds. The minimum absolute atomic E-state index is 0.0497. The van der Waals surface area contributed by atoms with E-state index >= 15 is 0 Å². The first-order valence-electron chi connectivity index (χ1n) is 11.3. The molecule has 35 heavy (non-hydrogen) atoms. The highest BCUT2D eigenvalue weighted by molar-refractivity contribution is 6.31. The van der Waals surface area contributed by atoms with E-state index in [1.54, 1.807) is 53.6 Å².